The van der Waals surface area contributed by atoms with Gasteiger partial charge in [0.05, 0.1) is 5.69 Å². The molecule has 0 fully saturated rings. The van der Waals surface area contributed by atoms with Crippen molar-refractivity contribution in [2.45, 2.75) is 20.3 Å². The van der Waals surface area contributed by atoms with Gasteiger partial charge in [0, 0.05) is 6.20 Å². The molecule has 1 rings (SSSR count). The van der Waals surface area contributed by atoms with E-state index in [1.54, 1.807) is 0 Å². The summed E-state index contributed by atoms with van der Waals surface area (Å²) in [6.45, 7) is 4.03. The summed E-state index contributed by atoms with van der Waals surface area (Å²) in [6.07, 6.45) is 3.73. The van der Waals surface area contributed by atoms with Crippen LogP contribution < -0.4 is 0 Å². The first-order valence-electron chi connectivity index (χ1n) is 3.41. The maximum absolute atomic E-state index is 10.3. The lowest BCUT2D eigenvalue weighted by Gasteiger charge is -1.90. The van der Waals surface area contributed by atoms with Crippen molar-refractivity contribution in [2.75, 3.05) is 0 Å². The third kappa shape index (κ3) is 0.967. The minimum Gasteiger partial charge on any atom is -0.359 e. The van der Waals surface area contributed by atoms with Gasteiger partial charge in [-0.3, -0.25) is 4.79 Å². The lowest BCUT2D eigenvalue weighted by atomic mass is 10.1. The van der Waals surface area contributed by atoms with Crippen LogP contribution in [0.1, 0.15) is 28.5 Å². The lowest BCUT2D eigenvalue weighted by Crippen LogP contribution is -1.83. The van der Waals surface area contributed by atoms with E-state index in [0.717, 1.165) is 18.3 Å². The highest BCUT2D eigenvalue weighted by Crippen LogP contribution is 2.10. The Morgan fingerprint density at radius 3 is 2.70 bits per heavy atom. The van der Waals surface area contributed by atoms with Gasteiger partial charge in [0.2, 0.25) is 0 Å². The summed E-state index contributed by atoms with van der Waals surface area (Å²) in [6, 6.07) is 0. The zero-order valence-electron chi connectivity index (χ0n) is 6.27. The number of hydrogen-bond acceptors (Lipinski definition) is 1. The zero-order valence-corrected chi connectivity index (χ0v) is 6.27. The third-order valence-electron chi connectivity index (χ3n) is 1.79. The van der Waals surface area contributed by atoms with Crippen LogP contribution in [0.15, 0.2) is 6.20 Å². The van der Waals surface area contributed by atoms with Crippen molar-refractivity contribution >= 4 is 6.29 Å². The highest BCUT2D eigenvalue weighted by atomic mass is 16.1. The van der Waals surface area contributed by atoms with Crippen molar-refractivity contribution in [3.63, 3.8) is 0 Å². The van der Waals surface area contributed by atoms with Gasteiger partial charge >= 0.3 is 0 Å². The number of rotatable bonds is 2. The van der Waals surface area contributed by atoms with Crippen LogP contribution in [0.2, 0.25) is 0 Å². The Balaban J connectivity index is 3.08. The standard InChI is InChI=1S/C8H11NO/c1-3-7-4-9-8(5-10)6(7)2/h4-5,9H,3H2,1-2H3. The molecule has 2 heteroatoms. The Morgan fingerprint density at radius 1 is 1.70 bits per heavy atom. The van der Waals surface area contributed by atoms with E-state index in [-0.39, 0.29) is 0 Å². The molecule has 0 radical (unpaired) electrons. The predicted octanol–water partition coefficient (Wildman–Crippen LogP) is 1.70. The summed E-state index contributed by atoms with van der Waals surface area (Å²) in [5, 5.41) is 0. The number of aldehydes is 1. The summed E-state index contributed by atoms with van der Waals surface area (Å²) >= 11 is 0. The molecule has 0 atom stereocenters. The van der Waals surface area contributed by atoms with E-state index in [1.807, 2.05) is 13.1 Å². The average Bonchev–Trinajstić information content (AvgIpc) is 2.30. The van der Waals surface area contributed by atoms with Gasteiger partial charge in [0.25, 0.3) is 0 Å². The van der Waals surface area contributed by atoms with Crippen LogP contribution in [-0.4, -0.2) is 11.3 Å². The maximum atomic E-state index is 10.3. The maximum Gasteiger partial charge on any atom is 0.166 e. The first kappa shape index (κ1) is 7.06. The first-order chi connectivity index (χ1) is 4.79. The van der Waals surface area contributed by atoms with Crippen molar-refractivity contribution in [3.05, 3.63) is 23.0 Å². The summed E-state index contributed by atoms with van der Waals surface area (Å²) in [5.41, 5.74) is 3.01. The second-order valence-corrected chi connectivity index (χ2v) is 2.32. The van der Waals surface area contributed by atoms with Crippen LogP contribution >= 0.6 is 0 Å². The van der Waals surface area contributed by atoms with Crippen LogP contribution in [-0.2, 0) is 6.42 Å². The van der Waals surface area contributed by atoms with Crippen molar-refractivity contribution in [2.24, 2.45) is 0 Å². The number of aromatic nitrogens is 1. The molecule has 0 unspecified atom stereocenters. The average molecular weight is 137 g/mol. The molecule has 1 N–H and O–H groups in total. The molecule has 1 heterocycles. The number of aromatic amines is 1. The second-order valence-electron chi connectivity index (χ2n) is 2.32. The van der Waals surface area contributed by atoms with Crippen LogP contribution in [0.5, 0.6) is 0 Å². The summed E-state index contributed by atoms with van der Waals surface area (Å²) in [7, 11) is 0. The molecule has 54 valence electrons. The molecule has 0 spiro atoms. The quantitative estimate of drug-likeness (QED) is 0.618. The largest absolute Gasteiger partial charge is 0.359 e. The Morgan fingerprint density at radius 2 is 2.40 bits per heavy atom. The molecule has 0 aliphatic carbocycles. The molecule has 0 amide bonds. The predicted molar refractivity (Wildman–Crippen MR) is 40.3 cm³/mol. The van der Waals surface area contributed by atoms with Crippen LogP contribution in [0, 0.1) is 6.92 Å². The molecule has 2 nitrogen and oxygen atoms in total. The van der Waals surface area contributed by atoms with Gasteiger partial charge in [0.15, 0.2) is 6.29 Å². The van der Waals surface area contributed by atoms with Gasteiger partial charge < -0.3 is 4.98 Å². The van der Waals surface area contributed by atoms with Gasteiger partial charge in [-0.25, -0.2) is 0 Å². The van der Waals surface area contributed by atoms with E-state index in [4.69, 9.17) is 0 Å². The van der Waals surface area contributed by atoms with Crippen LogP contribution in [0.25, 0.3) is 0 Å². The van der Waals surface area contributed by atoms with E-state index in [1.165, 1.54) is 5.56 Å². The zero-order chi connectivity index (χ0) is 7.56. The normalized spacial score (nSPS) is 9.80. The van der Waals surface area contributed by atoms with Crippen molar-refractivity contribution < 1.29 is 4.79 Å². The minimum absolute atomic E-state index is 0.705. The second kappa shape index (κ2) is 2.69. The third-order valence-corrected chi connectivity index (χ3v) is 1.79. The van der Waals surface area contributed by atoms with Crippen LogP contribution in [0.4, 0.5) is 0 Å². The van der Waals surface area contributed by atoms with Gasteiger partial charge in [0.1, 0.15) is 0 Å². The van der Waals surface area contributed by atoms with E-state index < -0.39 is 0 Å². The molecule has 1 aromatic rings. The molecule has 0 aliphatic rings. The van der Waals surface area contributed by atoms with Gasteiger partial charge in [-0.05, 0) is 24.5 Å². The topological polar surface area (TPSA) is 32.9 Å². The molecule has 0 aromatic carbocycles. The van der Waals surface area contributed by atoms with Crippen molar-refractivity contribution in [1.82, 2.24) is 4.98 Å². The number of carbonyl (C=O) groups excluding carboxylic acids is 1. The van der Waals surface area contributed by atoms with E-state index in [0.29, 0.717) is 5.69 Å². The number of H-pyrrole nitrogens is 1. The van der Waals surface area contributed by atoms with Gasteiger partial charge in [-0.2, -0.15) is 0 Å². The Hall–Kier alpha value is -1.05. The van der Waals surface area contributed by atoms with Crippen LogP contribution in [0.3, 0.4) is 0 Å². The molecule has 0 saturated carbocycles. The molecule has 1 aromatic heterocycles. The molecular formula is C8H11NO. The smallest absolute Gasteiger partial charge is 0.166 e. The fourth-order valence-corrected chi connectivity index (χ4v) is 1.04. The molecule has 0 bridgehead atoms. The van der Waals surface area contributed by atoms with E-state index in [9.17, 15) is 4.79 Å². The highest BCUT2D eigenvalue weighted by molar-refractivity contribution is 5.75. The fourth-order valence-electron chi connectivity index (χ4n) is 1.04. The number of hydrogen-bond donors (Lipinski definition) is 1. The highest BCUT2D eigenvalue weighted by Gasteiger charge is 2.02. The van der Waals surface area contributed by atoms with E-state index >= 15 is 0 Å². The lowest BCUT2D eigenvalue weighted by molar-refractivity contribution is 0.111. The molecule has 10 heavy (non-hydrogen) atoms. The number of carbonyl (C=O) groups is 1. The Labute approximate surface area is 60.3 Å². The molecule has 0 saturated heterocycles. The van der Waals surface area contributed by atoms with E-state index in [2.05, 4.69) is 11.9 Å². The van der Waals surface area contributed by atoms with Crippen molar-refractivity contribution in [1.29, 1.82) is 0 Å². The van der Waals surface area contributed by atoms with Crippen molar-refractivity contribution in [3.8, 4) is 0 Å². The summed E-state index contributed by atoms with van der Waals surface area (Å²) in [4.78, 5) is 13.2. The summed E-state index contributed by atoms with van der Waals surface area (Å²) < 4.78 is 0. The number of nitrogens with one attached hydrogen (secondary N) is 1. The first-order valence-corrected chi connectivity index (χ1v) is 3.41. The Bertz CT molecular complexity index is 237. The molecular weight excluding hydrogens is 126 g/mol. The minimum atomic E-state index is 0.705. The fraction of sp³-hybridized carbons (Fsp3) is 0.375. The van der Waals surface area contributed by atoms with Gasteiger partial charge in [-0.15, -0.1) is 0 Å². The summed E-state index contributed by atoms with van der Waals surface area (Å²) in [5.74, 6) is 0. The van der Waals surface area contributed by atoms with Gasteiger partial charge in [-0.1, -0.05) is 6.92 Å². The monoisotopic (exact) mass is 137 g/mol. The molecule has 0 aliphatic heterocycles. The Kier molecular flexibility index (Phi) is 1.90. The SMILES string of the molecule is CCc1c[nH]c(C=O)c1C. The number of aryl methyl sites for hydroxylation is 1.